The van der Waals surface area contributed by atoms with Gasteiger partial charge in [-0.1, -0.05) is 31.5 Å². The zero-order chi connectivity index (χ0) is 23.0. The molecule has 172 valence electrons. The maximum atomic E-state index is 12.7. The molecule has 8 heteroatoms. The summed E-state index contributed by atoms with van der Waals surface area (Å²) >= 11 is 0. The van der Waals surface area contributed by atoms with E-state index < -0.39 is 10.0 Å². The number of sulfonamides is 1. The van der Waals surface area contributed by atoms with E-state index in [-0.39, 0.29) is 18.2 Å². The van der Waals surface area contributed by atoms with Crippen molar-refractivity contribution in [2.75, 3.05) is 25.0 Å². The number of benzene rings is 2. The molecule has 0 saturated carbocycles. The zero-order valence-electron chi connectivity index (χ0n) is 18.5. The normalized spacial score (nSPS) is 14.7. The average Bonchev–Trinajstić information content (AvgIpc) is 2.82. The number of carbonyl (C=O) groups excluding carboxylic acids is 2. The summed E-state index contributed by atoms with van der Waals surface area (Å²) in [4.78, 5) is 24.7. The summed E-state index contributed by atoms with van der Waals surface area (Å²) in [6.45, 7) is 3.74. The number of aryl methyl sites for hydroxylation is 1. The Hall–Kier alpha value is -2.71. The molecule has 2 amide bonds. The topological polar surface area (TPSA) is 95.6 Å². The van der Waals surface area contributed by atoms with Crippen LogP contribution in [0.5, 0.6) is 0 Å². The van der Waals surface area contributed by atoms with E-state index in [1.807, 2.05) is 6.92 Å². The second kappa shape index (κ2) is 11.2. The molecule has 1 heterocycles. The van der Waals surface area contributed by atoms with Crippen molar-refractivity contribution in [3.63, 3.8) is 0 Å². The SMILES string of the molecule is CCCNC(=O)c1cccc(NC(=O)CCc2ccc(S(=O)(=O)N3CCCCC3)cc2)c1. The Labute approximate surface area is 190 Å². The van der Waals surface area contributed by atoms with E-state index in [0.717, 1.165) is 31.2 Å². The summed E-state index contributed by atoms with van der Waals surface area (Å²) in [5, 5.41) is 5.63. The van der Waals surface area contributed by atoms with Crippen LogP contribution >= 0.6 is 0 Å². The summed E-state index contributed by atoms with van der Waals surface area (Å²) in [5.41, 5.74) is 1.97. The van der Waals surface area contributed by atoms with Crippen molar-refractivity contribution in [2.45, 2.75) is 50.3 Å². The molecule has 32 heavy (non-hydrogen) atoms. The molecule has 7 nitrogen and oxygen atoms in total. The molecule has 2 N–H and O–H groups in total. The van der Waals surface area contributed by atoms with Crippen LogP contribution in [0.1, 0.15) is 54.9 Å². The fourth-order valence-electron chi connectivity index (χ4n) is 3.64. The van der Waals surface area contributed by atoms with E-state index in [9.17, 15) is 18.0 Å². The fraction of sp³-hybridized carbons (Fsp3) is 0.417. The van der Waals surface area contributed by atoms with Crippen LogP contribution < -0.4 is 10.6 Å². The highest BCUT2D eigenvalue weighted by molar-refractivity contribution is 7.89. The van der Waals surface area contributed by atoms with Crippen LogP contribution in [0.4, 0.5) is 5.69 Å². The Morgan fingerprint density at radius 1 is 1.00 bits per heavy atom. The molecule has 0 bridgehead atoms. The number of hydrogen-bond donors (Lipinski definition) is 2. The number of nitrogens with one attached hydrogen (secondary N) is 2. The predicted molar refractivity (Wildman–Crippen MR) is 125 cm³/mol. The average molecular weight is 458 g/mol. The summed E-state index contributed by atoms with van der Waals surface area (Å²) in [6.07, 6.45) is 4.48. The number of amides is 2. The molecule has 1 fully saturated rings. The first-order valence-corrected chi connectivity index (χ1v) is 12.6. The number of rotatable bonds is 9. The summed E-state index contributed by atoms with van der Waals surface area (Å²) < 4.78 is 27.0. The summed E-state index contributed by atoms with van der Waals surface area (Å²) in [7, 11) is -3.45. The first-order chi connectivity index (χ1) is 15.4. The molecule has 0 aliphatic carbocycles. The van der Waals surface area contributed by atoms with E-state index in [1.165, 1.54) is 0 Å². The summed E-state index contributed by atoms with van der Waals surface area (Å²) in [5.74, 6) is -0.330. The molecule has 1 aliphatic rings. The highest BCUT2D eigenvalue weighted by Crippen LogP contribution is 2.21. The third-order valence-electron chi connectivity index (χ3n) is 5.46. The van der Waals surface area contributed by atoms with Crippen molar-refractivity contribution >= 4 is 27.5 Å². The molecular formula is C24H31N3O4S. The first-order valence-electron chi connectivity index (χ1n) is 11.2. The zero-order valence-corrected chi connectivity index (χ0v) is 19.3. The minimum Gasteiger partial charge on any atom is -0.352 e. The van der Waals surface area contributed by atoms with E-state index in [0.29, 0.717) is 42.2 Å². The van der Waals surface area contributed by atoms with Gasteiger partial charge in [0.15, 0.2) is 0 Å². The fourth-order valence-corrected chi connectivity index (χ4v) is 5.16. The van der Waals surface area contributed by atoms with Crippen molar-refractivity contribution in [1.82, 2.24) is 9.62 Å². The van der Waals surface area contributed by atoms with Crippen LogP contribution in [0, 0.1) is 0 Å². The molecule has 1 saturated heterocycles. The lowest BCUT2D eigenvalue weighted by molar-refractivity contribution is -0.116. The molecular weight excluding hydrogens is 426 g/mol. The smallest absolute Gasteiger partial charge is 0.251 e. The molecule has 0 radical (unpaired) electrons. The van der Waals surface area contributed by atoms with Crippen LogP contribution in [0.2, 0.25) is 0 Å². The molecule has 0 spiro atoms. The first kappa shape index (κ1) is 23.9. The van der Waals surface area contributed by atoms with E-state index in [2.05, 4.69) is 10.6 Å². The van der Waals surface area contributed by atoms with Crippen LogP contribution in [0.25, 0.3) is 0 Å². The van der Waals surface area contributed by atoms with Crippen molar-refractivity contribution in [1.29, 1.82) is 0 Å². The number of anilines is 1. The molecule has 3 rings (SSSR count). The maximum absolute atomic E-state index is 12.7. The maximum Gasteiger partial charge on any atom is 0.251 e. The van der Waals surface area contributed by atoms with Gasteiger partial charge >= 0.3 is 0 Å². The molecule has 1 aliphatic heterocycles. The van der Waals surface area contributed by atoms with Crippen molar-refractivity contribution in [3.05, 3.63) is 59.7 Å². The third kappa shape index (κ3) is 6.40. The lowest BCUT2D eigenvalue weighted by atomic mass is 10.1. The van der Waals surface area contributed by atoms with E-state index in [1.54, 1.807) is 52.8 Å². The number of hydrogen-bond acceptors (Lipinski definition) is 4. The van der Waals surface area contributed by atoms with Crippen LogP contribution in [0.15, 0.2) is 53.4 Å². The highest BCUT2D eigenvalue weighted by Gasteiger charge is 2.25. The lowest BCUT2D eigenvalue weighted by Crippen LogP contribution is -2.35. The van der Waals surface area contributed by atoms with Gasteiger partial charge < -0.3 is 10.6 Å². The van der Waals surface area contributed by atoms with Gasteiger partial charge in [-0.2, -0.15) is 4.31 Å². The molecule has 0 atom stereocenters. The van der Waals surface area contributed by atoms with Gasteiger partial charge in [-0.05, 0) is 61.6 Å². The van der Waals surface area contributed by atoms with Gasteiger partial charge in [-0.15, -0.1) is 0 Å². The van der Waals surface area contributed by atoms with Gasteiger partial charge in [0, 0.05) is 37.3 Å². The third-order valence-corrected chi connectivity index (χ3v) is 7.37. The van der Waals surface area contributed by atoms with Gasteiger partial charge in [0.1, 0.15) is 0 Å². The summed E-state index contributed by atoms with van der Waals surface area (Å²) in [6, 6.07) is 13.6. The van der Waals surface area contributed by atoms with Gasteiger partial charge in [0.05, 0.1) is 4.90 Å². The van der Waals surface area contributed by atoms with Crippen molar-refractivity contribution in [2.24, 2.45) is 0 Å². The Kier molecular flexibility index (Phi) is 8.41. The molecule has 2 aromatic rings. The Bertz CT molecular complexity index is 1030. The lowest BCUT2D eigenvalue weighted by Gasteiger charge is -2.25. The highest BCUT2D eigenvalue weighted by atomic mass is 32.2. The van der Waals surface area contributed by atoms with Gasteiger partial charge in [-0.25, -0.2) is 8.42 Å². The van der Waals surface area contributed by atoms with Crippen LogP contribution in [-0.2, 0) is 21.2 Å². The van der Waals surface area contributed by atoms with Crippen LogP contribution in [0.3, 0.4) is 0 Å². The van der Waals surface area contributed by atoms with E-state index in [4.69, 9.17) is 0 Å². The molecule has 2 aromatic carbocycles. The van der Waals surface area contributed by atoms with Gasteiger partial charge in [-0.3, -0.25) is 9.59 Å². The monoisotopic (exact) mass is 457 g/mol. The minimum atomic E-state index is -3.45. The second-order valence-electron chi connectivity index (χ2n) is 7.99. The minimum absolute atomic E-state index is 0.164. The van der Waals surface area contributed by atoms with Gasteiger partial charge in [0.25, 0.3) is 5.91 Å². The second-order valence-corrected chi connectivity index (χ2v) is 9.93. The van der Waals surface area contributed by atoms with Crippen molar-refractivity contribution in [3.8, 4) is 0 Å². The Balaban J connectivity index is 1.53. The number of carbonyl (C=O) groups is 2. The number of nitrogens with zero attached hydrogens (tertiary/aromatic N) is 1. The van der Waals surface area contributed by atoms with Crippen molar-refractivity contribution < 1.29 is 18.0 Å². The molecule has 0 unspecified atom stereocenters. The van der Waals surface area contributed by atoms with E-state index >= 15 is 0 Å². The standard InChI is InChI=1S/C24H31N3O4S/c1-2-15-25-24(29)20-7-6-8-21(18-20)26-23(28)14-11-19-9-12-22(13-10-19)32(30,31)27-16-4-3-5-17-27/h6-10,12-13,18H,2-5,11,14-17H2,1H3,(H,25,29)(H,26,28). The number of piperidine rings is 1. The largest absolute Gasteiger partial charge is 0.352 e. The Morgan fingerprint density at radius 3 is 2.41 bits per heavy atom. The van der Waals surface area contributed by atoms with Crippen LogP contribution in [-0.4, -0.2) is 44.2 Å². The Morgan fingerprint density at radius 2 is 1.72 bits per heavy atom. The molecule has 0 aromatic heterocycles. The predicted octanol–water partition coefficient (Wildman–Crippen LogP) is 3.57. The van der Waals surface area contributed by atoms with Gasteiger partial charge in [0.2, 0.25) is 15.9 Å². The quantitative estimate of drug-likeness (QED) is 0.602.